The van der Waals surface area contributed by atoms with Crippen molar-refractivity contribution >= 4 is 6.09 Å². The molecular weight excluding hydrogens is 238 g/mol. The van der Waals surface area contributed by atoms with E-state index in [4.69, 9.17) is 9.47 Å². The second-order valence-corrected chi connectivity index (χ2v) is 5.75. The minimum absolute atomic E-state index is 0.00190. The Labute approximate surface area is 107 Å². The molecule has 0 bridgehead atoms. The van der Waals surface area contributed by atoms with Crippen LogP contribution in [-0.2, 0) is 9.47 Å². The number of rotatable bonds is 2. The van der Waals surface area contributed by atoms with Crippen LogP contribution in [0, 0.1) is 0 Å². The van der Waals surface area contributed by atoms with Crippen LogP contribution >= 0.6 is 0 Å². The van der Waals surface area contributed by atoms with Crippen LogP contribution in [0.2, 0.25) is 0 Å². The first-order valence-electron chi connectivity index (χ1n) is 6.01. The molecule has 0 aliphatic carbocycles. The average Bonchev–Trinajstić information content (AvgIpc) is 2.54. The minimum Gasteiger partial charge on any atom is -0.444 e. The standard InChI is InChI=1S/C12H23NO5/c1-8(14)12(16)7-13(6-9(12)17-5)10(15)18-11(2,3)4/h8-9,14,16H,6-7H2,1-5H3/t8-,9-,12+/m0/s1. The summed E-state index contributed by atoms with van der Waals surface area (Å²) in [5.74, 6) is 0. The maximum atomic E-state index is 11.9. The van der Waals surface area contributed by atoms with Gasteiger partial charge < -0.3 is 24.6 Å². The molecule has 1 heterocycles. The van der Waals surface area contributed by atoms with Gasteiger partial charge in [-0.25, -0.2) is 4.79 Å². The highest BCUT2D eigenvalue weighted by Gasteiger charge is 2.51. The molecule has 2 N–H and O–H groups in total. The summed E-state index contributed by atoms with van der Waals surface area (Å²) in [6.07, 6.45) is -2.12. The smallest absolute Gasteiger partial charge is 0.410 e. The summed E-state index contributed by atoms with van der Waals surface area (Å²) >= 11 is 0. The fraction of sp³-hybridized carbons (Fsp3) is 0.917. The number of aliphatic hydroxyl groups is 2. The van der Waals surface area contributed by atoms with E-state index >= 15 is 0 Å². The van der Waals surface area contributed by atoms with E-state index in [9.17, 15) is 15.0 Å². The van der Waals surface area contributed by atoms with Gasteiger partial charge in [0.15, 0.2) is 0 Å². The molecule has 1 aliphatic rings. The highest BCUT2D eigenvalue weighted by atomic mass is 16.6. The molecular formula is C12H23NO5. The molecule has 0 saturated carbocycles. The van der Waals surface area contributed by atoms with Crippen molar-refractivity contribution in [2.24, 2.45) is 0 Å². The lowest BCUT2D eigenvalue weighted by atomic mass is 9.94. The summed E-state index contributed by atoms with van der Waals surface area (Å²) in [5, 5.41) is 20.0. The number of hydrogen-bond acceptors (Lipinski definition) is 5. The number of hydrogen-bond donors (Lipinski definition) is 2. The molecule has 0 radical (unpaired) electrons. The molecule has 0 spiro atoms. The lowest BCUT2D eigenvalue weighted by molar-refractivity contribution is -0.124. The van der Waals surface area contributed by atoms with Crippen molar-refractivity contribution in [2.75, 3.05) is 20.2 Å². The molecule has 0 aromatic rings. The molecule has 106 valence electrons. The van der Waals surface area contributed by atoms with Gasteiger partial charge in [-0.2, -0.15) is 0 Å². The molecule has 6 nitrogen and oxygen atoms in total. The van der Waals surface area contributed by atoms with E-state index in [1.807, 2.05) is 0 Å². The highest BCUT2D eigenvalue weighted by Crippen LogP contribution is 2.28. The first-order valence-corrected chi connectivity index (χ1v) is 6.01. The zero-order valence-electron chi connectivity index (χ0n) is 11.6. The van der Waals surface area contributed by atoms with Crippen LogP contribution in [0.1, 0.15) is 27.7 Å². The number of β-amino-alcohol motifs (C(OH)–C–C–N with tert-alkyl or cyclic N) is 1. The number of methoxy groups -OCH3 is 1. The zero-order valence-corrected chi connectivity index (χ0v) is 11.6. The van der Waals surface area contributed by atoms with Gasteiger partial charge in [-0.05, 0) is 27.7 Å². The van der Waals surface area contributed by atoms with Gasteiger partial charge >= 0.3 is 6.09 Å². The van der Waals surface area contributed by atoms with Crippen LogP contribution < -0.4 is 0 Å². The number of nitrogens with zero attached hydrogens (tertiary/aromatic N) is 1. The van der Waals surface area contributed by atoms with Crippen LogP contribution in [0.3, 0.4) is 0 Å². The normalized spacial score (nSPS) is 30.4. The first kappa shape index (κ1) is 15.2. The largest absolute Gasteiger partial charge is 0.444 e. The van der Waals surface area contributed by atoms with E-state index < -0.39 is 29.5 Å². The van der Waals surface area contributed by atoms with E-state index in [1.54, 1.807) is 20.8 Å². The molecule has 18 heavy (non-hydrogen) atoms. The second kappa shape index (κ2) is 5.03. The van der Waals surface area contributed by atoms with Gasteiger partial charge in [0.25, 0.3) is 0 Å². The molecule has 0 aromatic carbocycles. The Morgan fingerprint density at radius 1 is 1.50 bits per heavy atom. The average molecular weight is 261 g/mol. The Bertz CT molecular complexity index is 312. The summed E-state index contributed by atoms with van der Waals surface area (Å²) < 4.78 is 10.4. The second-order valence-electron chi connectivity index (χ2n) is 5.75. The lowest BCUT2D eigenvalue weighted by Crippen LogP contribution is -2.51. The van der Waals surface area contributed by atoms with Crippen LogP contribution in [0.15, 0.2) is 0 Å². The van der Waals surface area contributed by atoms with Crippen molar-refractivity contribution in [1.29, 1.82) is 0 Å². The first-order chi connectivity index (χ1) is 8.10. The monoisotopic (exact) mass is 261 g/mol. The molecule has 3 atom stereocenters. The summed E-state index contributed by atoms with van der Waals surface area (Å²) in [7, 11) is 1.44. The van der Waals surface area contributed by atoms with Gasteiger partial charge in [-0.15, -0.1) is 0 Å². The van der Waals surface area contributed by atoms with Crippen molar-refractivity contribution in [1.82, 2.24) is 4.90 Å². The molecule has 1 aliphatic heterocycles. The van der Waals surface area contributed by atoms with Gasteiger partial charge in [-0.1, -0.05) is 0 Å². The summed E-state index contributed by atoms with van der Waals surface area (Å²) in [4.78, 5) is 13.2. The molecule has 1 fully saturated rings. The Morgan fingerprint density at radius 2 is 2.06 bits per heavy atom. The van der Waals surface area contributed by atoms with Gasteiger partial charge in [0.2, 0.25) is 0 Å². The quantitative estimate of drug-likeness (QED) is 0.750. The number of amides is 1. The predicted octanol–water partition coefficient (Wildman–Crippen LogP) is 0.364. The van der Waals surface area contributed by atoms with Crippen molar-refractivity contribution in [2.45, 2.75) is 51.1 Å². The third kappa shape index (κ3) is 3.13. The fourth-order valence-corrected chi connectivity index (χ4v) is 1.98. The van der Waals surface area contributed by atoms with Crippen LogP contribution in [0.5, 0.6) is 0 Å². The third-order valence-electron chi connectivity index (χ3n) is 3.05. The summed E-state index contributed by atoms with van der Waals surface area (Å²) in [5.41, 5.74) is -2.04. The van der Waals surface area contributed by atoms with Crippen LogP contribution in [0.25, 0.3) is 0 Å². The molecule has 1 rings (SSSR count). The lowest BCUT2D eigenvalue weighted by Gasteiger charge is -2.30. The van der Waals surface area contributed by atoms with Crippen LogP contribution in [0.4, 0.5) is 4.79 Å². The van der Waals surface area contributed by atoms with Crippen molar-refractivity contribution in [3.05, 3.63) is 0 Å². The molecule has 6 heteroatoms. The molecule has 1 amide bonds. The summed E-state index contributed by atoms with van der Waals surface area (Å²) in [6.45, 7) is 7.00. The van der Waals surface area contributed by atoms with Crippen LogP contribution in [-0.4, -0.2) is 64.8 Å². The zero-order chi connectivity index (χ0) is 14.1. The van der Waals surface area contributed by atoms with Gasteiger partial charge in [-0.3, -0.25) is 0 Å². The van der Waals surface area contributed by atoms with Gasteiger partial charge in [0.1, 0.15) is 17.3 Å². The topological polar surface area (TPSA) is 79.2 Å². The Kier molecular flexibility index (Phi) is 4.25. The van der Waals surface area contributed by atoms with E-state index in [1.165, 1.54) is 18.9 Å². The van der Waals surface area contributed by atoms with Gasteiger partial charge in [0, 0.05) is 7.11 Å². The molecule has 0 unspecified atom stereocenters. The SMILES string of the molecule is CO[C@H]1CN(C(=O)OC(C)(C)C)C[C@@]1(O)[C@H](C)O. The van der Waals surface area contributed by atoms with Crippen molar-refractivity contribution < 1.29 is 24.5 Å². The van der Waals surface area contributed by atoms with E-state index in [0.29, 0.717) is 0 Å². The molecule has 0 aromatic heterocycles. The number of likely N-dealkylation sites (tertiary alicyclic amines) is 1. The van der Waals surface area contributed by atoms with Crippen molar-refractivity contribution in [3.8, 4) is 0 Å². The Balaban J connectivity index is 2.76. The summed E-state index contributed by atoms with van der Waals surface area (Å²) in [6, 6.07) is 0. The van der Waals surface area contributed by atoms with E-state index in [-0.39, 0.29) is 13.1 Å². The third-order valence-corrected chi connectivity index (χ3v) is 3.05. The predicted molar refractivity (Wildman–Crippen MR) is 65.2 cm³/mol. The maximum Gasteiger partial charge on any atom is 0.410 e. The molecule has 1 saturated heterocycles. The number of carbonyl (C=O) groups is 1. The highest BCUT2D eigenvalue weighted by molar-refractivity contribution is 5.69. The van der Waals surface area contributed by atoms with E-state index in [0.717, 1.165) is 0 Å². The Morgan fingerprint density at radius 3 is 2.39 bits per heavy atom. The maximum absolute atomic E-state index is 11.9. The van der Waals surface area contributed by atoms with Crippen molar-refractivity contribution in [3.63, 3.8) is 0 Å². The Hall–Kier alpha value is -0.850. The number of ether oxygens (including phenoxy) is 2. The fourth-order valence-electron chi connectivity index (χ4n) is 1.98. The number of aliphatic hydroxyl groups excluding tert-OH is 1. The van der Waals surface area contributed by atoms with Gasteiger partial charge in [0.05, 0.1) is 19.2 Å². The minimum atomic E-state index is -1.45. The van der Waals surface area contributed by atoms with E-state index in [2.05, 4.69) is 0 Å². The number of carbonyl (C=O) groups excluding carboxylic acids is 1.